The molecular formula is C29H22ClN3O5S. The van der Waals surface area contributed by atoms with Crippen molar-refractivity contribution in [1.82, 2.24) is 4.57 Å². The summed E-state index contributed by atoms with van der Waals surface area (Å²) in [5.41, 5.74) is 2.53. The van der Waals surface area contributed by atoms with Crippen LogP contribution in [-0.2, 0) is 9.59 Å². The van der Waals surface area contributed by atoms with Gasteiger partial charge in [-0.05, 0) is 60.5 Å². The summed E-state index contributed by atoms with van der Waals surface area (Å²) in [6, 6.07) is 22.2. The highest BCUT2D eigenvalue weighted by atomic mass is 35.5. The quantitative estimate of drug-likeness (QED) is 0.356. The minimum Gasteiger partial charge on any atom is -0.482 e. The Bertz CT molecular complexity index is 1780. The molecule has 0 saturated carbocycles. The third kappa shape index (κ3) is 5.69. The van der Waals surface area contributed by atoms with Gasteiger partial charge in [0.1, 0.15) is 5.75 Å². The van der Waals surface area contributed by atoms with Crippen molar-refractivity contribution in [3.8, 4) is 5.75 Å². The Morgan fingerprint density at radius 3 is 2.56 bits per heavy atom. The number of para-hydroxylation sites is 1. The molecule has 5 rings (SSSR count). The standard InChI is InChI=1S/C29H22ClN3O5S/c1-17-25(27(36)32-21-7-3-2-4-8-21)26(19-10-12-20(30)13-11-19)33-28(37)23(39-29(33)31-17)15-18-6-5-9-22(14-18)38-16-24(34)35/h2-15,26H,16H2,1H3,(H,32,36)(H,34,35)/b23-15+. The van der Waals surface area contributed by atoms with Crippen LogP contribution < -0.4 is 24.9 Å². The number of aromatic nitrogens is 1. The van der Waals surface area contributed by atoms with Gasteiger partial charge in [-0.25, -0.2) is 9.79 Å². The molecule has 0 saturated heterocycles. The number of nitrogens with zero attached hydrogens (tertiary/aromatic N) is 2. The highest BCUT2D eigenvalue weighted by molar-refractivity contribution is 7.07. The minimum atomic E-state index is -1.08. The molecule has 1 atom stereocenters. The molecule has 4 aromatic rings. The first kappa shape index (κ1) is 26.1. The molecule has 2 N–H and O–H groups in total. The van der Waals surface area contributed by atoms with Crippen molar-refractivity contribution in [2.75, 3.05) is 11.9 Å². The van der Waals surface area contributed by atoms with Crippen molar-refractivity contribution in [3.05, 3.63) is 126 Å². The van der Waals surface area contributed by atoms with Gasteiger partial charge in [0.25, 0.3) is 11.5 Å². The van der Waals surface area contributed by atoms with E-state index in [4.69, 9.17) is 21.4 Å². The van der Waals surface area contributed by atoms with Crippen LogP contribution in [0.5, 0.6) is 5.75 Å². The van der Waals surface area contributed by atoms with Crippen LogP contribution in [0.3, 0.4) is 0 Å². The fourth-order valence-corrected chi connectivity index (χ4v) is 5.46. The van der Waals surface area contributed by atoms with Crippen LogP contribution >= 0.6 is 22.9 Å². The number of benzene rings is 3. The number of aliphatic carboxylic acids is 1. The van der Waals surface area contributed by atoms with Gasteiger partial charge in [-0.2, -0.15) is 0 Å². The first-order chi connectivity index (χ1) is 18.8. The predicted molar refractivity (Wildman–Crippen MR) is 150 cm³/mol. The Morgan fingerprint density at radius 1 is 1.10 bits per heavy atom. The van der Waals surface area contributed by atoms with E-state index in [1.807, 2.05) is 18.2 Å². The normalized spacial score (nSPS) is 14.9. The number of rotatable bonds is 7. The van der Waals surface area contributed by atoms with Crippen LogP contribution in [0.1, 0.15) is 24.1 Å². The molecule has 1 aromatic heterocycles. The first-order valence-electron chi connectivity index (χ1n) is 11.9. The number of allylic oxidation sites excluding steroid dienone is 1. The van der Waals surface area contributed by atoms with E-state index in [0.29, 0.717) is 48.2 Å². The molecule has 1 amide bonds. The third-order valence-electron chi connectivity index (χ3n) is 6.00. The van der Waals surface area contributed by atoms with E-state index < -0.39 is 18.6 Å². The second-order valence-electron chi connectivity index (χ2n) is 8.71. The number of carbonyl (C=O) groups excluding carboxylic acids is 1. The fraction of sp³-hybridized carbons (Fsp3) is 0.103. The Kier molecular flexibility index (Phi) is 7.44. The molecule has 0 spiro atoms. The van der Waals surface area contributed by atoms with Crippen LogP contribution in [0, 0.1) is 0 Å². The number of carboxylic acid groups (broad SMARTS) is 1. The lowest BCUT2D eigenvalue weighted by Gasteiger charge is -2.25. The average molecular weight is 560 g/mol. The summed E-state index contributed by atoms with van der Waals surface area (Å²) in [7, 11) is 0. The molecular weight excluding hydrogens is 538 g/mol. The highest BCUT2D eigenvalue weighted by Crippen LogP contribution is 2.31. The van der Waals surface area contributed by atoms with Gasteiger partial charge in [0.05, 0.1) is 21.8 Å². The van der Waals surface area contributed by atoms with E-state index >= 15 is 0 Å². The van der Waals surface area contributed by atoms with Crippen molar-refractivity contribution >= 4 is 46.6 Å². The summed E-state index contributed by atoms with van der Waals surface area (Å²) in [6.07, 6.45) is 1.69. The Morgan fingerprint density at radius 2 is 1.85 bits per heavy atom. The second kappa shape index (κ2) is 11.1. The van der Waals surface area contributed by atoms with Gasteiger partial charge in [0.15, 0.2) is 11.4 Å². The van der Waals surface area contributed by atoms with E-state index in [2.05, 4.69) is 10.3 Å². The van der Waals surface area contributed by atoms with E-state index in [9.17, 15) is 14.4 Å². The third-order valence-corrected chi connectivity index (χ3v) is 7.24. The van der Waals surface area contributed by atoms with Crippen LogP contribution in [0.2, 0.25) is 5.02 Å². The van der Waals surface area contributed by atoms with E-state index in [1.165, 1.54) is 15.9 Å². The van der Waals surface area contributed by atoms with Crippen molar-refractivity contribution in [1.29, 1.82) is 0 Å². The number of amides is 1. The van der Waals surface area contributed by atoms with Crippen molar-refractivity contribution in [2.45, 2.75) is 13.0 Å². The van der Waals surface area contributed by atoms with Crippen LogP contribution in [0.4, 0.5) is 5.69 Å². The van der Waals surface area contributed by atoms with E-state index in [-0.39, 0.29) is 11.5 Å². The number of hydrogen-bond acceptors (Lipinski definition) is 6. The Labute approximate surface area is 231 Å². The monoisotopic (exact) mass is 559 g/mol. The molecule has 196 valence electrons. The van der Waals surface area contributed by atoms with E-state index in [1.54, 1.807) is 73.7 Å². The molecule has 3 aromatic carbocycles. The zero-order chi connectivity index (χ0) is 27.5. The van der Waals surface area contributed by atoms with Crippen LogP contribution in [0.15, 0.2) is 99.9 Å². The molecule has 1 aliphatic heterocycles. The number of carbonyl (C=O) groups is 2. The van der Waals surface area contributed by atoms with Crippen LogP contribution in [-0.4, -0.2) is 28.2 Å². The maximum atomic E-state index is 13.8. The molecule has 0 radical (unpaired) electrons. The van der Waals surface area contributed by atoms with Gasteiger partial charge < -0.3 is 15.2 Å². The lowest BCUT2D eigenvalue weighted by Crippen LogP contribution is -2.40. The van der Waals surface area contributed by atoms with E-state index in [0.717, 1.165) is 0 Å². The van der Waals surface area contributed by atoms with Crippen molar-refractivity contribution in [3.63, 3.8) is 0 Å². The van der Waals surface area contributed by atoms with Crippen molar-refractivity contribution in [2.24, 2.45) is 4.99 Å². The molecule has 0 bridgehead atoms. The molecule has 1 aliphatic rings. The smallest absolute Gasteiger partial charge is 0.341 e. The summed E-state index contributed by atoms with van der Waals surface area (Å²) in [5.74, 6) is -1.08. The maximum Gasteiger partial charge on any atom is 0.341 e. The second-order valence-corrected chi connectivity index (χ2v) is 10.2. The van der Waals surface area contributed by atoms with Crippen LogP contribution in [0.25, 0.3) is 6.08 Å². The van der Waals surface area contributed by atoms with Gasteiger partial charge in [0.2, 0.25) is 0 Å². The van der Waals surface area contributed by atoms with Crippen molar-refractivity contribution < 1.29 is 19.4 Å². The van der Waals surface area contributed by atoms with Gasteiger partial charge in [-0.1, -0.05) is 65.4 Å². The molecule has 39 heavy (non-hydrogen) atoms. The topological polar surface area (TPSA) is 110 Å². The molecule has 0 fully saturated rings. The zero-order valence-electron chi connectivity index (χ0n) is 20.6. The summed E-state index contributed by atoms with van der Waals surface area (Å²) >= 11 is 7.35. The van der Waals surface area contributed by atoms with Gasteiger partial charge in [0, 0.05) is 10.7 Å². The summed E-state index contributed by atoms with van der Waals surface area (Å²) in [6.45, 7) is 1.28. The maximum absolute atomic E-state index is 13.8. The molecule has 10 heteroatoms. The Hall–Kier alpha value is -4.47. The number of carboxylic acids is 1. The molecule has 2 heterocycles. The lowest BCUT2D eigenvalue weighted by atomic mass is 9.95. The molecule has 0 aliphatic carbocycles. The summed E-state index contributed by atoms with van der Waals surface area (Å²) in [4.78, 5) is 43.3. The zero-order valence-corrected chi connectivity index (χ0v) is 22.2. The number of ether oxygens (including phenoxy) is 1. The largest absolute Gasteiger partial charge is 0.482 e. The molecule has 1 unspecified atom stereocenters. The number of fused-ring (bicyclic) bond motifs is 1. The van der Waals surface area contributed by atoms with Gasteiger partial charge >= 0.3 is 5.97 Å². The lowest BCUT2D eigenvalue weighted by molar-refractivity contribution is -0.139. The first-order valence-corrected chi connectivity index (χ1v) is 13.1. The Balaban J connectivity index is 1.61. The summed E-state index contributed by atoms with van der Waals surface area (Å²) < 4.78 is 7.19. The summed E-state index contributed by atoms with van der Waals surface area (Å²) in [5, 5.41) is 12.3. The molecule has 8 nitrogen and oxygen atoms in total. The highest BCUT2D eigenvalue weighted by Gasteiger charge is 2.32. The van der Waals surface area contributed by atoms with Gasteiger partial charge in [-0.15, -0.1) is 0 Å². The number of hydrogen-bond donors (Lipinski definition) is 2. The number of halogens is 1. The average Bonchev–Trinajstić information content (AvgIpc) is 3.22. The van der Waals surface area contributed by atoms with Gasteiger partial charge in [-0.3, -0.25) is 14.2 Å². The predicted octanol–water partition coefficient (Wildman–Crippen LogP) is 3.99. The minimum absolute atomic E-state index is 0.312. The number of anilines is 1. The number of thiazole rings is 1. The SMILES string of the molecule is CC1=C(C(=O)Nc2ccccc2)C(c2ccc(Cl)cc2)n2c(s/c(=C/c3cccc(OCC(=O)O)c3)c2=O)=N1. The fourth-order valence-electron chi connectivity index (χ4n) is 4.28. The number of nitrogens with one attached hydrogen (secondary N) is 1.